The molecule has 2 rings (SSSR count). The number of hydrogen-bond donors (Lipinski definition) is 0. The molecule has 0 spiro atoms. The van der Waals surface area contributed by atoms with Gasteiger partial charge >= 0.3 is 23.1 Å². The third-order valence-electron chi connectivity index (χ3n) is 1.34. The summed E-state index contributed by atoms with van der Waals surface area (Å²) in [6, 6.07) is 22.5. The molecule has 0 amide bonds. The van der Waals surface area contributed by atoms with Gasteiger partial charge in [0.2, 0.25) is 0 Å². The summed E-state index contributed by atoms with van der Waals surface area (Å²) < 4.78 is 1.13. The van der Waals surface area contributed by atoms with Crippen LogP contribution < -0.4 is 17.0 Å². The van der Waals surface area contributed by atoms with Crippen LogP contribution in [0.5, 0.6) is 0 Å². The maximum absolute atomic E-state index is 3.31. The van der Waals surface area contributed by atoms with E-state index in [0.717, 1.165) is 4.47 Å². The first-order chi connectivity index (χ1) is 6.39. The van der Waals surface area contributed by atoms with Gasteiger partial charge in [-0.25, -0.2) is 0 Å². The molecule has 0 aromatic heterocycles. The molecule has 0 atom stereocenters. The quantitative estimate of drug-likeness (QED) is 0.486. The van der Waals surface area contributed by atoms with Crippen LogP contribution in [0.25, 0.3) is 0 Å². The van der Waals surface area contributed by atoms with Crippen molar-refractivity contribution in [2.75, 3.05) is 0 Å². The monoisotopic (exact) mass is 336 g/mol. The molecule has 0 unspecified atom stereocenters. The van der Waals surface area contributed by atoms with Crippen molar-refractivity contribution in [3.63, 3.8) is 0 Å². The van der Waals surface area contributed by atoms with Gasteiger partial charge in [0.05, 0.1) is 0 Å². The third-order valence-corrected chi connectivity index (χ3v) is 1.87. The van der Waals surface area contributed by atoms with E-state index in [4.69, 9.17) is 0 Å². The minimum absolute atomic E-state index is 0. The predicted molar refractivity (Wildman–Crippen MR) is 65.2 cm³/mol. The number of rotatable bonds is 0. The second-order valence-electron chi connectivity index (χ2n) is 2.37. The Morgan fingerprint density at radius 2 is 1.27 bits per heavy atom. The van der Waals surface area contributed by atoms with E-state index >= 15 is 0 Å². The van der Waals surface area contributed by atoms with Gasteiger partial charge in [0, 0.05) is 4.47 Å². The summed E-state index contributed by atoms with van der Waals surface area (Å²) in [6.45, 7) is 0. The van der Waals surface area contributed by atoms with Crippen molar-refractivity contribution < 1.29 is 17.0 Å². The largest absolute Gasteiger partial charge is 2.00 e. The van der Waals surface area contributed by atoms with Crippen molar-refractivity contribution in [1.82, 2.24) is 0 Å². The average molecular weight is 338 g/mol. The fourth-order valence-electron chi connectivity index (χ4n) is 0.757. The SMILES string of the molecule is Brc1ccccc1.[Br-].[Mg+2].[c-]1ccccc1. The Hall–Kier alpha value is 0.166. The molecular weight excluding hydrogens is 328 g/mol. The van der Waals surface area contributed by atoms with Crippen LogP contribution in [0.15, 0.2) is 65.1 Å². The zero-order chi connectivity index (χ0) is 9.36. The number of halogens is 2. The Bertz CT molecular complexity index is 284. The minimum atomic E-state index is 0. The normalized spacial score (nSPS) is 7.27. The molecule has 15 heavy (non-hydrogen) atoms. The van der Waals surface area contributed by atoms with Crippen molar-refractivity contribution in [2.24, 2.45) is 0 Å². The van der Waals surface area contributed by atoms with Crippen molar-refractivity contribution in [3.8, 4) is 0 Å². The van der Waals surface area contributed by atoms with E-state index in [1.165, 1.54) is 0 Å². The second-order valence-corrected chi connectivity index (χ2v) is 3.29. The standard InChI is InChI=1S/C6H5Br.C6H5.BrH.Mg/c7-6-4-2-1-3-5-6;1-2-4-6-5-3-1;;/h1-5H;1-5H;1H;/q;-1;;+2/p-1. The van der Waals surface area contributed by atoms with Gasteiger partial charge < -0.3 is 17.0 Å². The first-order valence-electron chi connectivity index (χ1n) is 4.01. The molecule has 0 N–H and O–H groups in total. The van der Waals surface area contributed by atoms with Crippen LogP contribution in [0, 0.1) is 6.07 Å². The molecule has 0 aliphatic carbocycles. The second kappa shape index (κ2) is 12.2. The van der Waals surface area contributed by atoms with Gasteiger partial charge in [-0.3, -0.25) is 0 Å². The van der Waals surface area contributed by atoms with Crippen molar-refractivity contribution >= 4 is 39.0 Å². The van der Waals surface area contributed by atoms with Crippen LogP contribution in [0.2, 0.25) is 0 Å². The molecular formula is C12H10Br2Mg. The van der Waals surface area contributed by atoms with Crippen LogP contribution in [0.3, 0.4) is 0 Å². The van der Waals surface area contributed by atoms with E-state index in [2.05, 4.69) is 22.0 Å². The third kappa shape index (κ3) is 10.4. The molecule has 0 saturated heterocycles. The molecule has 2 aromatic carbocycles. The number of benzene rings is 2. The van der Waals surface area contributed by atoms with Gasteiger partial charge in [0.25, 0.3) is 0 Å². The smallest absolute Gasteiger partial charge is 1.00 e. The van der Waals surface area contributed by atoms with Crippen LogP contribution in [-0.4, -0.2) is 23.1 Å². The van der Waals surface area contributed by atoms with Gasteiger partial charge in [0.1, 0.15) is 0 Å². The fourth-order valence-corrected chi connectivity index (χ4v) is 1.06. The first-order valence-corrected chi connectivity index (χ1v) is 4.80. The van der Waals surface area contributed by atoms with Gasteiger partial charge in [-0.2, -0.15) is 36.4 Å². The summed E-state index contributed by atoms with van der Waals surface area (Å²) in [5, 5.41) is 0. The molecule has 0 aliphatic heterocycles. The van der Waals surface area contributed by atoms with Crippen molar-refractivity contribution in [3.05, 3.63) is 71.2 Å². The molecule has 3 heteroatoms. The Morgan fingerprint density at radius 3 is 1.47 bits per heavy atom. The molecule has 0 bridgehead atoms. The topological polar surface area (TPSA) is 0 Å². The van der Waals surface area contributed by atoms with Gasteiger partial charge in [-0.15, -0.1) is 0 Å². The molecule has 0 radical (unpaired) electrons. The Balaban J connectivity index is 0. The Morgan fingerprint density at radius 1 is 0.800 bits per heavy atom. The van der Waals surface area contributed by atoms with Crippen LogP contribution >= 0.6 is 15.9 Å². The van der Waals surface area contributed by atoms with E-state index in [-0.39, 0.29) is 40.0 Å². The van der Waals surface area contributed by atoms with Gasteiger partial charge in [-0.1, -0.05) is 34.1 Å². The van der Waals surface area contributed by atoms with Crippen molar-refractivity contribution in [1.29, 1.82) is 0 Å². The summed E-state index contributed by atoms with van der Waals surface area (Å²) in [4.78, 5) is 0. The van der Waals surface area contributed by atoms with E-state index < -0.39 is 0 Å². The van der Waals surface area contributed by atoms with E-state index in [1.54, 1.807) is 0 Å². The molecule has 2 aromatic rings. The van der Waals surface area contributed by atoms with Gasteiger partial charge in [0.15, 0.2) is 0 Å². The van der Waals surface area contributed by atoms with E-state index in [1.807, 2.05) is 60.7 Å². The fraction of sp³-hybridized carbons (Fsp3) is 0. The van der Waals surface area contributed by atoms with Crippen LogP contribution in [-0.2, 0) is 0 Å². The molecule has 0 aliphatic rings. The van der Waals surface area contributed by atoms with E-state index in [0.29, 0.717) is 0 Å². The van der Waals surface area contributed by atoms with E-state index in [9.17, 15) is 0 Å². The Kier molecular flexibility index (Phi) is 14.3. The van der Waals surface area contributed by atoms with Gasteiger partial charge in [-0.05, 0) is 12.1 Å². The first kappa shape index (κ1) is 17.6. The molecule has 0 nitrogen and oxygen atoms in total. The minimum Gasteiger partial charge on any atom is -1.00 e. The molecule has 0 heterocycles. The maximum Gasteiger partial charge on any atom is 2.00 e. The zero-order valence-electron chi connectivity index (χ0n) is 8.24. The number of hydrogen-bond acceptors (Lipinski definition) is 0. The molecule has 74 valence electrons. The summed E-state index contributed by atoms with van der Waals surface area (Å²) >= 11 is 3.31. The predicted octanol–water partition coefficient (Wildman–Crippen LogP) is 0.559. The maximum atomic E-state index is 3.31. The summed E-state index contributed by atoms with van der Waals surface area (Å²) in [6.07, 6.45) is 0. The average Bonchev–Trinajstić information content (AvgIpc) is 2.22. The van der Waals surface area contributed by atoms with Crippen molar-refractivity contribution in [2.45, 2.75) is 0 Å². The Labute approximate surface area is 126 Å². The summed E-state index contributed by atoms with van der Waals surface area (Å²) in [5.41, 5.74) is 0. The molecule has 0 fully saturated rings. The van der Waals surface area contributed by atoms with Crippen LogP contribution in [0.1, 0.15) is 0 Å². The summed E-state index contributed by atoms with van der Waals surface area (Å²) in [7, 11) is 0. The molecule has 0 saturated carbocycles. The summed E-state index contributed by atoms with van der Waals surface area (Å²) in [5.74, 6) is 0. The van der Waals surface area contributed by atoms with Crippen LogP contribution in [0.4, 0.5) is 0 Å². The zero-order valence-corrected chi connectivity index (χ0v) is 12.8.